The first-order valence-corrected chi connectivity index (χ1v) is 14.4. The Morgan fingerprint density at radius 2 is 1.73 bits per heavy atom. The van der Waals surface area contributed by atoms with Crippen LogP contribution in [0.5, 0.6) is 11.5 Å². The molecule has 0 bridgehead atoms. The maximum atomic E-state index is 14.1. The Kier molecular flexibility index (Phi) is 8.60. The van der Waals surface area contributed by atoms with Crippen LogP contribution in [0.4, 0.5) is 20.2 Å². The van der Waals surface area contributed by atoms with Crippen molar-refractivity contribution in [3.8, 4) is 11.5 Å². The summed E-state index contributed by atoms with van der Waals surface area (Å²) in [6.07, 6.45) is 2.76. The number of rotatable bonds is 10. The van der Waals surface area contributed by atoms with Crippen molar-refractivity contribution in [1.29, 1.82) is 0 Å². The summed E-state index contributed by atoms with van der Waals surface area (Å²) in [5.74, 6) is 0.861. The Labute approximate surface area is 236 Å². The Bertz CT molecular complexity index is 1440. The predicted octanol–water partition coefficient (Wildman–Crippen LogP) is 7.71. The lowest BCUT2D eigenvalue weighted by atomic mass is 9.96. The summed E-state index contributed by atoms with van der Waals surface area (Å²) in [6, 6.07) is 17.0. The normalized spacial score (nSPS) is 15.0. The van der Waals surface area contributed by atoms with Crippen molar-refractivity contribution in [3.63, 3.8) is 0 Å². The van der Waals surface area contributed by atoms with E-state index in [0.29, 0.717) is 10.9 Å². The first kappa shape index (κ1) is 28.0. The molecule has 1 fully saturated rings. The molecule has 7 heteroatoms. The van der Waals surface area contributed by atoms with E-state index in [-0.39, 0.29) is 5.92 Å². The molecular weight excluding hydrogens is 506 g/mol. The van der Waals surface area contributed by atoms with Crippen molar-refractivity contribution in [3.05, 3.63) is 83.6 Å². The lowest BCUT2D eigenvalue weighted by Crippen LogP contribution is -2.47. The number of hydrogen-bond acceptors (Lipinski definition) is 4. The highest BCUT2D eigenvalue weighted by Gasteiger charge is 2.21. The first-order valence-electron chi connectivity index (χ1n) is 14.4. The highest BCUT2D eigenvalue weighted by Crippen LogP contribution is 2.34. The molecule has 1 saturated heterocycles. The van der Waals surface area contributed by atoms with Crippen LogP contribution in [0.1, 0.15) is 44.2 Å². The summed E-state index contributed by atoms with van der Waals surface area (Å²) >= 11 is 0. The van der Waals surface area contributed by atoms with Crippen LogP contribution >= 0.6 is 0 Å². The SMILES string of the molecule is CCN(CC)c1cccc(Oc2cccc(N3CCN(CCC(C)c4c[nH]c5c(F)cc(F)cc45)CC3)c2C)c1. The standard InChI is InChI=1S/C33H40F2N4O/c1-5-38(6-2)26-9-7-10-27(21-26)40-32-12-8-11-31(24(32)4)39-17-15-37(16-18-39)14-13-23(3)29-22-36-33-28(29)19-25(34)20-30(33)35/h7-12,19-23,36H,5-6,13-18H2,1-4H3. The molecule has 4 aromatic rings. The van der Waals surface area contributed by atoms with Crippen LogP contribution in [0, 0.1) is 18.6 Å². The van der Waals surface area contributed by atoms with Crippen LogP contribution in [0.25, 0.3) is 10.9 Å². The van der Waals surface area contributed by atoms with Gasteiger partial charge in [0.25, 0.3) is 0 Å². The number of halogens is 2. The van der Waals surface area contributed by atoms with E-state index >= 15 is 0 Å². The Morgan fingerprint density at radius 3 is 2.48 bits per heavy atom. The van der Waals surface area contributed by atoms with Gasteiger partial charge in [0.2, 0.25) is 0 Å². The summed E-state index contributed by atoms with van der Waals surface area (Å²) in [5, 5.41) is 0.646. The lowest BCUT2D eigenvalue weighted by Gasteiger charge is -2.37. The van der Waals surface area contributed by atoms with Gasteiger partial charge in [-0.25, -0.2) is 8.78 Å². The van der Waals surface area contributed by atoms with Crippen molar-refractivity contribution >= 4 is 22.3 Å². The van der Waals surface area contributed by atoms with Crippen LogP contribution in [0.2, 0.25) is 0 Å². The summed E-state index contributed by atoms with van der Waals surface area (Å²) in [4.78, 5) is 10.2. The Balaban J connectivity index is 1.18. The third-order valence-corrected chi connectivity index (χ3v) is 8.29. The molecule has 1 N–H and O–H groups in total. The number of fused-ring (bicyclic) bond motifs is 1. The predicted molar refractivity (Wildman–Crippen MR) is 161 cm³/mol. The maximum absolute atomic E-state index is 14.1. The molecule has 0 aliphatic carbocycles. The van der Waals surface area contributed by atoms with Gasteiger partial charge in [-0.3, -0.25) is 4.90 Å². The lowest BCUT2D eigenvalue weighted by molar-refractivity contribution is 0.249. The number of nitrogens with zero attached hydrogens (tertiary/aromatic N) is 3. The van der Waals surface area contributed by atoms with Gasteiger partial charge in [0.1, 0.15) is 23.1 Å². The number of aromatic nitrogens is 1. The number of piperazine rings is 1. The second-order valence-electron chi connectivity index (χ2n) is 10.7. The van der Waals surface area contributed by atoms with Gasteiger partial charge < -0.3 is 19.5 Å². The molecule has 1 aliphatic rings. The third-order valence-electron chi connectivity index (χ3n) is 8.29. The number of benzene rings is 3. The molecule has 5 nitrogen and oxygen atoms in total. The third kappa shape index (κ3) is 5.94. The van der Waals surface area contributed by atoms with E-state index in [1.807, 2.05) is 18.3 Å². The average molecular weight is 547 g/mol. The van der Waals surface area contributed by atoms with Gasteiger partial charge in [-0.2, -0.15) is 0 Å². The molecule has 1 aliphatic heterocycles. The molecule has 0 saturated carbocycles. The van der Waals surface area contributed by atoms with E-state index in [4.69, 9.17) is 4.74 Å². The van der Waals surface area contributed by atoms with Crippen molar-refractivity contribution in [2.75, 3.05) is 55.6 Å². The number of anilines is 2. The molecule has 0 radical (unpaired) electrons. The first-order chi connectivity index (χ1) is 19.4. The largest absolute Gasteiger partial charge is 0.457 e. The summed E-state index contributed by atoms with van der Waals surface area (Å²) < 4.78 is 34.3. The number of nitrogens with one attached hydrogen (secondary N) is 1. The molecular formula is C33H40F2N4O. The van der Waals surface area contributed by atoms with Gasteiger partial charge in [-0.15, -0.1) is 0 Å². The molecule has 1 aromatic heterocycles. The van der Waals surface area contributed by atoms with E-state index in [1.165, 1.54) is 17.4 Å². The van der Waals surface area contributed by atoms with Gasteiger partial charge in [-0.1, -0.05) is 19.1 Å². The minimum atomic E-state index is -0.539. The number of H-pyrrole nitrogens is 1. The number of ether oxygens (including phenoxy) is 1. The van der Waals surface area contributed by atoms with Crippen LogP contribution in [0.3, 0.4) is 0 Å². The highest BCUT2D eigenvalue weighted by atomic mass is 19.1. The van der Waals surface area contributed by atoms with Gasteiger partial charge >= 0.3 is 0 Å². The Hall–Kier alpha value is -3.58. The molecule has 212 valence electrons. The second kappa shape index (κ2) is 12.3. The zero-order valence-electron chi connectivity index (χ0n) is 24.0. The topological polar surface area (TPSA) is 34.7 Å². The van der Waals surface area contributed by atoms with Crippen LogP contribution in [-0.2, 0) is 0 Å². The molecule has 40 heavy (non-hydrogen) atoms. The van der Waals surface area contributed by atoms with E-state index in [1.54, 1.807) is 0 Å². The van der Waals surface area contributed by atoms with E-state index < -0.39 is 11.6 Å². The van der Waals surface area contributed by atoms with Crippen LogP contribution in [-0.4, -0.2) is 55.7 Å². The minimum Gasteiger partial charge on any atom is -0.457 e. The second-order valence-corrected chi connectivity index (χ2v) is 10.7. The molecule has 2 heterocycles. The fraction of sp³-hybridized carbons (Fsp3) is 0.394. The average Bonchev–Trinajstić information content (AvgIpc) is 3.38. The smallest absolute Gasteiger partial charge is 0.150 e. The number of hydrogen-bond donors (Lipinski definition) is 1. The minimum absolute atomic E-state index is 0.198. The zero-order chi connectivity index (χ0) is 28.2. The van der Waals surface area contributed by atoms with Crippen molar-refractivity contribution in [1.82, 2.24) is 9.88 Å². The fourth-order valence-corrected chi connectivity index (χ4v) is 5.84. The van der Waals surface area contributed by atoms with Crippen LogP contribution < -0.4 is 14.5 Å². The van der Waals surface area contributed by atoms with Crippen molar-refractivity contribution < 1.29 is 13.5 Å². The quantitative estimate of drug-likeness (QED) is 0.221. The molecule has 1 unspecified atom stereocenters. The monoisotopic (exact) mass is 546 g/mol. The summed E-state index contributed by atoms with van der Waals surface area (Å²) in [6.45, 7) is 15.3. The fourth-order valence-electron chi connectivity index (χ4n) is 5.84. The molecule has 1 atom stereocenters. The summed E-state index contributed by atoms with van der Waals surface area (Å²) in [5.41, 5.74) is 4.90. The highest BCUT2D eigenvalue weighted by molar-refractivity contribution is 5.84. The molecule has 0 spiro atoms. The molecule has 0 amide bonds. The van der Waals surface area contributed by atoms with Crippen LogP contribution in [0.15, 0.2) is 60.8 Å². The Morgan fingerprint density at radius 1 is 0.975 bits per heavy atom. The van der Waals surface area contributed by atoms with Gasteiger partial charge in [0, 0.05) is 79.9 Å². The van der Waals surface area contributed by atoms with E-state index in [0.717, 1.165) is 80.9 Å². The van der Waals surface area contributed by atoms with E-state index in [2.05, 4.69) is 77.7 Å². The number of aromatic amines is 1. The molecule has 3 aromatic carbocycles. The van der Waals surface area contributed by atoms with Gasteiger partial charge in [0.05, 0.1) is 5.52 Å². The van der Waals surface area contributed by atoms with E-state index in [9.17, 15) is 8.78 Å². The summed E-state index contributed by atoms with van der Waals surface area (Å²) in [7, 11) is 0. The maximum Gasteiger partial charge on any atom is 0.150 e. The van der Waals surface area contributed by atoms with Crippen molar-refractivity contribution in [2.45, 2.75) is 40.0 Å². The van der Waals surface area contributed by atoms with Gasteiger partial charge in [-0.05, 0) is 75.5 Å². The molecule has 5 rings (SSSR count). The van der Waals surface area contributed by atoms with Crippen molar-refractivity contribution in [2.24, 2.45) is 0 Å². The zero-order valence-corrected chi connectivity index (χ0v) is 24.0. The van der Waals surface area contributed by atoms with Gasteiger partial charge in [0.15, 0.2) is 0 Å².